The number of rotatable bonds is 6. The molecule has 1 aliphatic rings. The quantitative estimate of drug-likeness (QED) is 0.545. The summed E-state index contributed by atoms with van der Waals surface area (Å²) < 4.78 is 144. The van der Waals surface area contributed by atoms with Crippen molar-refractivity contribution in [3.8, 4) is 0 Å². The van der Waals surface area contributed by atoms with Crippen LogP contribution in [0.25, 0.3) is 0 Å². The highest BCUT2D eigenvalue weighted by Gasteiger charge is 2.88. The predicted octanol–water partition coefficient (Wildman–Crippen LogP) is 3.46. The molecule has 1 atom stereocenters. The first-order chi connectivity index (χ1) is 9.08. The minimum atomic E-state index is -7.44. The Hall–Kier alpha value is -0.850. The van der Waals surface area contributed by atoms with Gasteiger partial charge in [0.1, 0.15) is 6.10 Å². The van der Waals surface area contributed by atoms with Crippen molar-refractivity contribution in [1.29, 1.82) is 0 Å². The Balaban J connectivity index is 3.06. The maximum Gasteiger partial charge on any atom is 0.460 e. The van der Waals surface area contributed by atoms with Crippen molar-refractivity contribution in [2.24, 2.45) is 0 Å². The van der Waals surface area contributed by atoms with Gasteiger partial charge < -0.3 is 9.47 Å². The first-order valence-electron chi connectivity index (χ1n) is 4.91. The van der Waals surface area contributed by atoms with Crippen LogP contribution in [0.15, 0.2) is 0 Å². The lowest BCUT2D eigenvalue weighted by Gasteiger charge is -2.36. The van der Waals surface area contributed by atoms with Crippen molar-refractivity contribution in [1.82, 2.24) is 0 Å². The van der Waals surface area contributed by atoms with Crippen LogP contribution in [0, 0.1) is 0 Å². The van der Waals surface area contributed by atoms with Crippen LogP contribution in [-0.2, 0) is 9.47 Å². The van der Waals surface area contributed by atoms with Crippen LogP contribution in [0.2, 0.25) is 0 Å². The largest absolute Gasteiger partial charge is 0.460 e. The van der Waals surface area contributed by atoms with E-state index in [-0.39, 0.29) is 6.61 Å². The fourth-order valence-electron chi connectivity index (χ4n) is 1.01. The molecule has 1 saturated heterocycles. The Morgan fingerprint density at radius 2 is 1.19 bits per heavy atom. The molecule has 13 heteroatoms. The fourth-order valence-corrected chi connectivity index (χ4v) is 1.01. The Morgan fingerprint density at radius 1 is 0.762 bits per heavy atom. The summed E-state index contributed by atoms with van der Waals surface area (Å²) in [5.74, 6) is -22.0. The van der Waals surface area contributed by atoms with Crippen LogP contribution >= 0.6 is 0 Å². The topological polar surface area (TPSA) is 21.8 Å². The molecule has 1 unspecified atom stereocenters. The van der Waals surface area contributed by atoms with Crippen LogP contribution in [0.3, 0.4) is 0 Å². The molecular weight excluding hydrogens is 337 g/mol. The Labute approximate surface area is 108 Å². The van der Waals surface area contributed by atoms with Crippen LogP contribution in [0.4, 0.5) is 48.3 Å². The third kappa shape index (κ3) is 2.89. The zero-order chi connectivity index (χ0) is 16.9. The van der Waals surface area contributed by atoms with Gasteiger partial charge in [0.15, 0.2) is 0 Å². The molecule has 0 amide bonds. The molecule has 0 aromatic rings. The maximum atomic E-state index is 12.8. The second-order valence-corrected chi connectivity index (χ2v) is 4.00. The fraction of sp³-hybridized carbons (Fsp3) is 1.00. The van der Waals surface area contributed by atoms with Gasteiger partial charge in [-0.05, 0) is 0 Å². The van der Waals surface area contributed by atoms with E-state index >= 15 is 0 Å². The molecule has 1 rings (SSSR count). The van der Waals surface area contributed by atoms with Gasteiger partial charge in [0.05, 0.1) is 13.2 Å². The molecule has 126 valence electrons. The second-order valence-electron chi connectivity index (χ2n) is 4.00. The van der Waals surface area contributed by atoms with Gasteiger partial charge in [0.2, 0.25) is 0 Å². The van der Waals surface area contributed by atoms with Gasteiger partial charge in [-0.2, -0.15) is 48.3 Å². The van der Waals surface area contributed by atoms with Gasteiger partial charge in [-0.15, -0.1) is 0 Å². The van der Waals surface area contributed by atoms with E-state index in [2.05, 4.69) is 9.47 Å². The minimum absolute atomic E-state index is 0.239. The van der Waals surface area contributed by atoms with E-state index in [1.165, 1.54) is 0 Å². The second kappa shape index (κ2) is 4.83. The molecule has 0 aliphatic carbocycles. The molecule has 0 aromatic heterocycles. The normalized spacial score (nSPS) is 21.6. The maximum absolute atomic E-state index is 12.8. The lowest BCUT2D eigenvalue weighted by atomic mass is 10.0. The lowest BCUT2D eigenvalue weighted by molar-refractivity contribution is -0.456. The molecule has 0 spiro atoms. The average Bonchev–Trinajstić information content (AvgIpc) is 3.07. The summed E-state index contributed by atoms with van der Waals surface area (Å²) in [6.45, 7) is -1.62. The van der Waals surface area contributed by atoms with E-state index < -0.39 is 42.8 Å². The van der Waals surface area contributed by atoms with E-state index in [0.29, 0.717) is 0 Å². The van der Waals surface area contributed by atoms with Crippen molar-refractivity contribution < 1.29 is 57.8 Å². The zero-order valence-electron chi connectivity index (χ0n) is 9.47. The van der Waals surface area contributed by atoms with Crippen LogP contribution < -0.4 is 0 Å². The summed E-state index contributed by atoms with van der Waals surface area (Å²) in [5, 5.41) is 0. The van der Waals surface area contributed by atoms with Crippen molar-refractivity contribution in [3.05, 3.63) is 0 Å². The molecule has 0 saturated carbocycles. The number of hydrogen-bond acceptors (Lipinski definition) is 2. The van der Waals surface area contributed by atoms with Crippen molar-refractivity contribution >= 4 is 0 Å². The summed E-state index contributed by atoms with van der Waals surface area (Å²) in [6, 6.07) is 0. The van der Waals surface area contributed by atoms with Gasteiger partial charge >= 0.3 is 30.1 Å². The highest BCUT2D eigenvalue weighted by molar-refractivity contribution is 5.03. The molecule has 0 bridgehead atoms. The van der Waals surface area contributed by atoms with Crippen molar-refractivity contribution in [2.45, 2.75) is 36.2 Å². The molecule has 0 N–H and O–H groups in total. The van der Waals surface area contributed by atoms with Gasteiger partial charge in [-0.3, -0.25) is 0 Å². The van der Waals surface area contributed by atoms with E-state index in [1.54, 1.807) is 0 Å². The average molecular weight is 342 g/mol. The molecule has 1 aliphatic heterocycles. The molecule has 1 fully saturated rings. The van der Waals surface area contributed by atoms with Gasteiger partial charge in [-0.1, -0.05) is 0 Å². The standard InChI is InChI=1S/C8H5F11O2/c9-4(10,5(11,12)7(15,16)17)6(13,14)8(18,19)21-2-3-1-20-3/h3H,1-2H2. The van der Waals surface area contributed by atoms with Crippen LogP contribution in [-0.4, -0.2) is 49.4 Å². The highest BCUT2D eigenvalue weighted by atomic mass is 19.4. The molecular formula is C8H5F11O2. The Morgan fingerprint density at radius 3 is 1.52 bits per heavy atom. The van der Waals surface area contributed by atoms with Gasteiger partial charge in [0, 0.05) is 0 Å². The summed E-state index contributed by atoms with van der Waals surface area (Å²) in [7, 11) is 0. The Bertz CT molecular complexity index is 384. The van der Waals surface area contributed by atoms with E-state index in [9.17, 15) is 48.3 Å². The number of halogens is 11. The number of epoxide rings is 1. The van der Waals surface area contributed by atoms with Crippen LogP contribution in [0.5, 0.6) is 0 Å². The highest BCUT2D eigenvalue weighted by Crippen LogP contribution is 2.57. The molecule has 1 heterocycles. The number of alkyl halides is 11. The van der Waals surface area contributed by atoms with E-state index in [1.807, 2.05) is 0 Å². The van der Waals surface area contributed by atoms with Crippen molar-refractivity contribution in [3.63, 3.8) is 0 Å². The lowest BCUT2D eigenvalue weighted by Crippen LogP contribution is -2.67. The van der Waals surface area contributed by atoms with Gasteiger partial charge in [-0.25, -0.2) is 0 Å². The summed E-state index contributed by atoms with van der Waals surface area (Å²) >= 11 is 0. The first kappa shape index (κ1) is 18.2. The third-order valence-electron chi connectivity index (χ3n) is 2.36. The third-order valence-corrected chi connectivity index (χ3v) is 2.36. The first-order valence-corrected chi connectivity index (χ1v) is 4.91. The SMILES string of the molecule is FC(F)(F)C(F)(F)C(F)(F)C(F)(F)C(F)(F)OCC1CO1. The zero-order valence-corrected chi connectivity index (χ0v) is 9.47. The van der Waals surface area contributed by atoms with Gasteiger partial charge in [0.25, 0.3) is 0 Å². The molecule has 2 nitrogen and oxygen atoms in total. The monoisotopic (exact) mass is 342 g/mol. The van der Waals surface area contributed by atoms with Crippen LogP contribution in [0.1, 0.15) is 0 Å². The number of hydrogen-bond donors (Lipinski definition) is 0. The predicted molar refractivity (Wildman–Crippen MR) is 41.5 cm³/mol. The Kier molecular flexibility index (Phi) is 4.18. The summed E-state index contributed by atoms with van der Waals surface area (Å²) in [5.41, 5.74) is 0. The number of ether oxygens (including phenoxy) is 2. The molecule has 21 heavy (non-hydrogen) atoms. The van der Waals surface area contributed by atoms with E-state index in [4.69, 9.17) is 0 Å². The summed E-state index contributed by atoms with van der Waals surface area (Å²) in [4.78, 5) is 0. The van der Waals surface area contributed by atoms with Crippen molar-refractivity contribution in [2.75, 3.05) is 13.2 Å². The molecule has 0 radical (unpaired) electrons. The minimum Gasteiger partial charge on any atom is -0.371 e. The van der Waals surface area contributed by atoms with E-state index in [0.717, 1.165) is 0 Å². The smallest absolute Gasteiger partial charge is 0.371 e. The molecule has 0 aromatic carbocycles. The summed E-state index contributed by atoms with van der Waals surface area (Å²) in [6.07, 6.45) is -14.6.